The van der Waals surface area contributed by atoms with Crippen LogP contribution in [-0.2, 0) is 0 Å². The molecule has 3 aromatic rings. The van der Waals surface area contributed by atoms with E-state index in [1.807, 2.05) is 18.2 Å². The van der Waals surface area contributed by atoms with Gasteiger partial charge in [-0.2, -0.15) is 5.26 Å². The standard InChI is InChI=1S/C21H22N6S/c1-16(26-13-6-3-7-14-26)19-24-25-21(27(19)18-10-4-2-5-11-18)28-20-17(15-22)9-8-12-23-20/h2,4-5,8-12,16H,3,6-7,13-14H2,1H3/t16-/m0/s1. The van der Waals surface area contributed by atoms with Crippen molar-refractivity contribution in [3.63, 3.8) is 0 Å². The molecule has 2 aromatic heterocycles. The summed E-state index contributed by atoms with van der Waals surface area (Å²) in [6, 6.07) is 16.1. The first-order valence-corrected chi connectivity index (χ1v) is 10.4. The maximum atomic E-state index is 9.39. The van der Waals surface area contributed by atoms with Gasteiger partial charge in [-0.3, -0.25) is 9.47 Å². The molecule has 1 atom stereocenters. The van der Waals surface area contributed by atoms with Gasteiger partial charge >= 0.3 is 0 Å². The van der Waals surface area contributed by atoms with Crippen LogP contribution in [0.25, 0.3) is 5.69 Å². The second-order valence-electron chi connectivity index (χ2n) is 6.85. The van der Waals surface area contributed by atoms with Gasteiger partial charge in [0.15, 0.2) is 5.82 Å². The van der Waals surface area contributed by atoms with Crippen LogP contribution in [0.4, 0.5) is 0 Å². The van der Waals surface area contributed by atoms with Gasteiger partial charge in [0.05, 0.1) is 11.6 Å². The summed E-state index contributed by atoms with van der Waals surface area (Å²) in [5.41, 5.74) is 1.56. The fourth-order valence-corrected chi connectivity index (χ4v) is 4.43. The smallest absolute Gasteiger partial charge is 0.202 e. The molecule has 3 heterocycles. The van der Waals surface area contributed by atoms with E-state index in [2.05, 4.69) is 49.8 Å². The summed E-state index contributed by atoms with van der Waals surface area (Å²) in [4.78, 5) is 6.85. The van der Waals surface area contributed by atoms with Crippen molar-refractivity contribution in [1.82, 2.24) is 24.6 Å². The van der Waals surface area contributed by atoms with Gasteiger partial charge in [-0.15, -0.1) is 10.2 Å². The van der Waals surface area contributed by atoms with Crippen LogP contribution in [-0.4, -0.2) is 37.7 Å². The van der Waals surface area contributed by atoms with Crippen molar-refractivity contribution in [2.75, 3.05) is 13.1 Å². The lowest BCUT2D eigenvalue weighted by atomic mass is 10.1. The summed E-state index contributed by atoms with van der Waals surface area (Å²) in [7, 11) is 0. The summed E-state index contributed by atoms with van der Waals surface area (Å²) < 4.78 is 2.10. The number of hydrogen-bond acceptors (Lipinski definition) is 6. The highest BCUT2D eigenvalue weighted by atomic mass is 32.2. The van der Waals surface area contributed by atoms with Gasteiger partial charge in [0.2, 0.25) is 5.16 Å². The topological polar surface area (TPSA) is 70.6 Å². The fraction of sp³-hybridized carbons (Fsp3) is 0.333. The predicted molar refractivity (Wildman–Crippen MR) is 108 cm³/mol. The van der Waals surface area contributed by atoms with E-state index < -0.39 is 0 Å². The Balaban J connectivity index is 1.75. The molecule has 142 valence electrons. The molecule has 1 aromatic carbocycles. The molecule has 7 heteroatoms. The molecule has 0 amide bonds. The zero-order valence-corrected chi connectivity index (χ0v) is 16.6. The zero-order valence-electron chi connectivity index (χ0n) is 15.8. The van der Waals surface area contributed by atoms with Crippen LogP contribution >= 0.6 is 11.8 Å². The van der Waals surface area contributed by atoms with Gasteiger partial charge < -0.3 is 0 Å². The van der Waals surface area contributed by atoms with E-state index in [4.69, 9.17) is 0 Å². The molecule has 0 saturated carbocycles. The van der Waals surface area contributed by atoms with Crippen molar-refractivity contribution < 1.29 is 0 Å². The van der Waals surface area contributed by atoms with Crippen molar-refractivity contribution in [2.45, 2.75) is 42.4 Å². The first-order chi connectivity index (χ1) is 13.8. The summed E-state index contributed by atoms with van der Waals surface area (Å²) in [5.74, 6) is 0.921. The molecule has 0 aliphatic carbocycles. The maximum absolute atomic E-state index is 9.39. The third-order valence-electron chi connectivity index (χ3n) is 5.06. The molecule has 0 spiro atoms. The summed E-state index contributed by atoms with van der Waals surface area (Å²) in [5, 5.41) is 19.8. The Morgan fingerprint density at radius 2 is 1.82 bits per heavy atom. The summed E-state index contributed by atoms with van der Waals surface area (Å²) in [6.07, 6.45) is 5.45. The van der Waals surface area contributed by atoms with Gasteiger partial charge in [0, 0.05) is 11.9 Å². The molecule has 1 aliphatic heterocycles. The monoisotopic (exact) mass is 390 g/mol. The van der Waals surface area contributed by atoms with Crippen LogP contribution in [0.1, 0.15) is 43.6 Å². The minimum absolute atomic E-state index is 0.168. The van der Waals surface area contributed by atoms with Crippen molar-refractivity contribution >= 4 is 11.8 Å². The van der Waals surface area contributed by atoms with E-state index in [-0.39, 0.29) is 6.04 Å². The number of hydrogen-bond donors (Lipinski definition) is 0. The quantitative estimate of drug-likeness (QED) is 0.649. The molecule has 0 N–H and O–H groups in total. The largest absolute Gasteiger partial charge is 0.294 e. The number of benzene rings is 1. The third-order valence-corrected chi connectivity index (χ3v) is 6.03. The van der Waals surface area contributed by atoms with Crippen LogP contribution in [0.5, 0.6) is 0 Å². The highest BCUT2D eigenvalue weighted by molar-refractivity contribution is 7.99. The number of pyridine rings is 1. The lowest BCUT2D eigenvalue weighted by Gasteiger charge is -2.31. The lowest BCUT2D eigenvalue weighted by Crippen LogP contribution is -2.33. The Bertz CT molecular complexity index is 972. The molecular weight excluding hydrogens is 368 g/mol. The predicted octanol–water partition coefficient (Wildman–Crippen LogP) is 4.23. The first-order valence-electron chi connectivity index (χ1n) is 9.55. The minimum Gasteiger partial charge on any atom is -0.294 e. The highest BCUT2D eigenvalue weighted by Crippen LogP contribution is 2.33. The van der Waals surface area contributed by atoms with Crippen LogP contribution in [0.2, 0.25) is 0 Å². The third kappa shape index (κ3) is 3.79. The Labute approximate surface area is 169 Å². The molecular formula is C21H22N6S. The average molecular weight is 391 g/mol. The summed E-state index contributed by atoms with van der Waals surface area (Å²) in [6.45, 7) is 4.37. The number of nitrogens with zero attached hydrogens (tertiary/aromatic N) is 6. The van der Waals surface area contributed by atoms with E-state index in [9.17, 15) is 5.26 Å². The Kier molecular flexibility index (Phi) is 5.70. The van der Waals surface area contributed by atoms with Crippen LogP contribution in [0.3, 0.4) is 0 Å². The molecule has 6 nitrogen and oxygen atoms in total. The van der Waals surface area contributed by atoms with Crippen molar-refractivity contribution in [1.29, 1.82) is 5.26 Å². The second-order valence-corrected chi connectivity index (χ2v) is 7.81. The number of likely N-dealkylation sites (tertiary alicyclic amines) is 1. The molecule has 1 aliphatic rings. The zero-order chi connectivity index (χ0) is 19.3. The number of piperidine rings is 1. The van der Waals surface area contributed by atoms with E-state index in [1.165, 1.54) is 31.0 Å². The van der Waals surface area contributed by atoms with Gasteiger partial charge in [-0.25, -0.2) is 4.98 Å². The number of para-hydroxylation sites is 1. The molecule has 0 unspecified atom stereocenters. The second kappa shape index (κ2) is 8.55. The van der Waals surface area contributed by atoms with Gasteiger partial charge in [-0.05, 0) is 68.9 Å². The van der Waals surface area contributed by atoms with E-state index >= 15 is 0 Å². The molecule has 0 radical (unpaired) electrons. The Morgan fingerprint density at radius 1 is 1.04 bits per heavy atom. The Hall–Kier alpha value is -2.69. The molecule has 1 fully saturated rings. The van der Waals surface area contributed by atoms with E-state index in [1.54, 1.807) is 18.3 Å². The van der Waals surface area contributed by atoms with Crippen LogP contribution < -0.4 is 0 Å². The Morgan fingerprint density at radius 3 is 2.57 bits per heavy atom. The number of aromatic nitrogens is 4. The van der Waals surface area contributed by atoms with Gasteiger partial charge in [0.1, 0.15) is 11.1 Å². The van der Waals surface area contributed by atoms with E-state index in [0.717, 1.165) is 29.8 Å². The van der Waals surface area contributed by atoms with Gasteiger partial charge in [-0.1, -0.05) is 24.6 Å². The van der Waals surface area contributed by atoms with Crippen molar-refractivity contribution in [2.24, 2.45) is 0 Å². The molecule has 0 bridgehead atoms. The average Bonchev–Trinajstić information content (AvgIpc) is 3.18. The molecule has 4 rings (SSSR count). The number of rotatable bonds is 5. The maximum Gasteiger partial charge on any atom is 0.202 e. The first kappa shape index (κ1) is 18.7. The minimum atomic E-state index is 0.168. The van der Waals surface area contributed by atoms with Crippen molar-refractivity contribution in [3.8, 4) is 11.8 Å². The number of nitriles is 1. The van der Waals surface area contributed by atoms with Gasteiger partial charge in [0.25, 0.3) is 0 Å². The van der Waals surface area contributed by atoms with E-state index in [0.29, 0.717) is 10.6 Å². The fourth-order valence-electron chi connectivity index (χ4n) is 3.55. The lowest BCUT2D eigenvalue weighted by molar-refractivity contribution is 0.167. The van der Waals surface area contributed by atoms with Crippen LogP contribution in [0, 0.1) is 11.3 Å². The normalized spacial score (nSPS) is 15.9. The van der Waals surface area contributed by atoms with Crippen molar-refractivity contribution in [3.05, 3.63) is 60.0 Å². The van der Waals surface area contributed by atoms with Crippen LogP contribution in [0.15, 0.2) is 58.8 Å². The highest BCUT2D eigenvalue weighted by Gasteiger charge is 2.26. The SMILES string of the molecule is C[C@@H](c1nnc(Sc2ncccc2C#N)n1-c1ccccc1)N1CCCCC1. The summed E-state index contributed by atoms with van der Waals surface area (Å²) >= 11 is 1.38. The molecule has 28 heavy (non-hydrogen) atoms. The molecule has 1 saturated heterocycles.